The van der Waals surface area contributed by atoms with Gasteiger partial charge >= 0.3 is 0 Å². The summed E-state index contributed by atoms with van der Waals surface area (Å²) in [7, 11) is -0.736. The van der Waals surface area contributed by atoms with Gasteiger partial charge in [-0.3, -0.25) is 9.19 Å². The van der Waals surface area contributed by atoms with Gasteiger partial charge in [0, 0.05) is 28.9 Å². The Morgan fingerprint density at radius 3 is 2.94 bits per heavy atom. The predicted octanol–water partition coefficient (Wildman–Crippen LogP) is 1.33. The maximum Gasteiger partial charge on any atom is 0.0500 e. The third kappa shape index (κ3) is 3.68. The predicted molar refractivity (Wildman–Crippen MR) is 66.5 cm³/mol. The van der Waals surface area contributed by atoms with Crippen LogP contribution in [0.3, 0.4) is 0 Å². The van der Waals surface area contributed by atoms with Crippen molar-refractivity contribution in [3.63, 3.8) is 0 Å². The lowest BCUT2D eigenvalue weighted by atomic mass is 10.0. The van der Waals surface area contributed by atoms with Gasteiger partial charge in [0.15, 0.2) is 0 Å². The Morgan fingerprint density at radius 1 is 1.44 bits per heavy atom. The lowest BCUT2D eigenvalue weighted by molar-refractivity contribution is 0.405. The largest absolute Gasteiger partial charge is 0.317 e. The highest BCUT2D eigenvalue weighted by Gasteiger charge is 2.15. The number of hydrogen-bond donors (Lipinski definition) is 1. The molecule has 1 N–H and O–H groups in total. The van der Waals surface area contributed by atoms with E-state index in [0.717, 1.165) is 24.4 Å². The first-order valence-corrected chi connectivity index (χ1v) is 7.28. The summed E-state index contributed by atoms with van der Waals surface area (Å²) in [6.07, 6.45) is 5.89. The van der Waals surface area contributed by atoms with Crippen molar-refractivity contribution in [2.24, 2.45) is 5.92 Å². The molecular formula is C12H18N2OS. The minimum atomic E-state index is -0.736. The summed E-state index contributed by atoms with van der Waals surface area (Å²) in [6, 6.07) is 3.89. The van der Waals surface area contributed by atoms with Gasteiger partial charge in [-0.2, -0.15) is 0 Å². The maximum atomic E-state index is 11.9. The summed E-state index contributed by atoms with van der Waals surface area (Å²) in [5.41, 5.74) is 1.08. The smallest absolute Gasteiger partial charge is 0.0500 e. The normalized spacial score (nSPS) is 19.5. The van der Waals surface area contributed by atoms with Gasteiger partial charge in [-0.25, -0.2) is 0 Å². The number of hydrogen-bond acceptors (Lipinski definition) is 3. The van der Waals surface area contributed by atoms with Crippen LogP contribution in [0.1, 0.15) is 18.4 Å². The van der Waals surface area contributed by atoms with E-state index in [-0.39, 0.29) is 0 Å². The van der Waals surface area contributed by atoms with E-state index in [4.69, 9.17) is 0 Å². The summed E-state index contributed by atoms with van der Waals surface area (Å²) in [5, 5.41) is 3.33. The zero-order chi connectivity index (χ0) is 11.2. The zero-order valence-electron chi connectivity index (χ0n) is 9.39. The Hall–Kier alpha value is -0.740. The molecule has 0 amide bonds. The third-order valence-electron chi connectivity index (χ3n) is 2.93. The number of rotatable bonds is 4. The van der Waals surface area contributed by atoms with Gasteiger partial charge < -0.3 is 5.32 Å². The summed E-state index contributed by atoms with van der Waals surface area (Å²) in [5.74, 6) is 2.13. The number of nitrogens with zero attached hydrogens (tertiary/aromatic N) is 1. The molecule has 1 aromatic rings. The molecule has 1 aromatic heterocycles. The van der Waals surface area contributed by atoms with Crippen molar-refractivity contribution in [2.75, 3.05) is 18.8 Å². The fourth-order valence-electron chi connectivity index (χ4n) is 2.04. The number of nitrogens with one attached hydrogen (secondary N) is 1. The van der Waals surface area contributed by atoms with E-state index in [2.05, 4.69) is 10.3 Å². The number of piperidine rings is 1. The van der Waals surface area contributed by atoms with E-state index < -0.39 is 10.8 Å². The van der Waals surface area contributed by atoms with Crippen molar-refractivity contribution in [1.82, 2.24) is 10.3 Å². The Kier molecular flexibility index (Phi) is 4.48. The zero-order valence-corrected chi connectivity index (χ0v) is 10.2. The van der Waals surface area contributed by atoms with E-state index in [9.17, 15) is 4.21 Å². The first-order chi connectivity index (χ1) is 7.84. The Morgan fingerprint density at radius 2 is 2.25 bits per heavy atom. The van der Waals surface area contributed by atoms with Crippen LogP contribution in [-0.2, 0) is 16.6 Å². The highest BCUT2D eigenvalue weighted by Crippen LogP contribution is 2.14. The minimum Gasteiger partial charge on any atom is -0.317 e. The van der Waals surface area contributed by atoms with Crippen molar-refractivity contribution in [3.8, 4) is 0 Å². The van der Waals surface area contributed by atoms with Crippen LogP contribution in [0, 0.1) is 5.92 Å². The van der Waals surface area contributed by atoms with Gasteiger partial charge in [0.1, 0.15) is 0 Å². The quantitative estimate of drug-likeness (QED) is 0.860. The van der Waals surface area contributed by atoms with Crippen LogP contribution in [-0.4, -0.2) is 28.0 Å². The van der Waals surface area contributed by atoms with E-state index >= 15 is 0 Å². The summed E-state index contributed by atoms with van der Waals surface area (Å²) >= 11 is 0. The van der Waals surface area contributed by atoms with E-state index in [0.29, 0.717) is 11.7 Å². The summed E-state index contributed by atoms with van der Waals surface area (Å²) in [6.45, 7) is 2.16. The highest BCUT2D eigenvalue weighted by atomic mass is 32.2. The van der Waals surface area contributed by atoms with E-state index in [1.165, 1.54) is 12.8 Å². The van der Waals surface area contributed by atoms with E-state index in [1.54, 1.807) is 12.4 Å². The molecule has 1 atom stereocenters. The van der Waals surface area contributed by atoms with Gasteiger partial charge in [-0.05, 0) is 43.5 Å². The molecular weight excluding hydrogens is 220 g/mol. The molecule has 1 saturated heterocycles. The molecule has 4 heteroatoms. The fourth-order valence-corrected chi connectivity index (χ4v) is 3.56. The molecule has 0 radical (unpaired) electrons. The van der Waals surface area contributed by atoms with Gasteiger partial charge in [0.05, 0.1) is 5.75 Å². The molecule has 88 valence electrons. The second-order valence-corrected chi connectivity index (χ2v) is 5.81. The SMILES string of the molecule is O=[S@](Cc1cccnc1)CC1CCNCC1. The molecule has 0 aromatic carbocycles. The molecule has 0 spiro atoms. The monoisotopic (exact) mass is 238 g/mol. The van der Waals surface area contributed by atoms with Crippen LogP contribution in [0.15, 0.2) is 24.5 Å². The molecule has 1 aliphatic heterocycles. The molecule has 16 heavy (non-hydrogen) atoms. The second-order valence-electron chi connectivity index (χ2n) is 4.31. The molecule has 0 bridgehead atoms. The van der Waals surface area contributed by atoms with Gasteiger partial charge in [0.2, 0.25) is 0 Å². The van der Waals surface area contributed by atoms with Crippen molar-refractivity contribution in [1.29, 1.82) is 0 Å². The van der Waals surface area contributed by atoms with Crippen LogP contribution in [0.4, 0.5) is 0 Å². The molecule has 0 unspecified atom stereocenters. The number of aromatic nitrogens is 1. The standard InChI is InChI=1S/C12H18N2OS/c15-16(9-11-3-6-13-7-4-11)10-12-2-1-5-14-8-12/h1-2,5,8,11,13H,3-4,6-7,9-10H2/t16-/m0/s1. The van der Waals surface area contributed by atoms with Crippen LogP contribution in [0.2, 0.25) is 0 Å². The molecule has 1 aliphatic rings. The van der Waals surface area contributed by atoms with Crippen molar-refractivity contribution in [3.05, 3.63) is 30.1 Å². The molecule has 0 saturated carbocycles. The summed E-state index contributed by atoms with van der Waals surface area (Å²) in [4.78, 5) is 4.04. The highest BCUT2D eigenvalue weighted by molar-refractivity contribution is 7.84. The fraction of sp³-hybridized carbons (Fsp3) is 0.583. The Bertz CT molecular complexity index is 336. The molecule has 3 nitrogen and oxygen atoms in total. The van der Waals surface area contributed by atoms with Crippen molar-refractivity contribution < 1.29 is 4.21 Å². The van der Waals surface area contributed by atoms with Crippen LogP contribution < -0.4 is 5.32 Å². The Labute approximate surface area is 99.1 Å². The average molecular weight is 238 g/mol. The van der Waals surface area contributed by atoms with Crippen molar-refractivity contribution >= 4 is 10.8 Å². The molecule has 1 fully saturated rings. The summed E-state index contributed by atoms with van der Waals surface area (Å²) < 4.78 is 11.9. The lowest BCUT2D eigenvalue weighted by Crippen LogP contribution is -2.30. The first-order valence-electron chi connectivity index (χ1n) is 5.79. The molecule has 2 rings (SSSR count). The van der Waals surface area contributed by atoms with Gasteiger partial charge in [-0.15, -0.1) is 0 Å². The van der Waals surface area contributed by atoms with E-state index in [1.807, 2.05) is 12.1 Å². The van der Waals surface area contributed by atoms with Crippen LogP contribution in [0.25, 0.3) is 0 Å². The van der Waals surface area contributed by atoms with Crippen LogP contribution >= 0.6 is 0 Å². The minimum absolute atomic E-state index is 0.638. The lowest BCUT2D eigenvalue weighted by Gasteiger charge is -2.21. The van der Waals surface area contributed by atoms with Crippen molar-refractivity contribution in [2.45, 2.75) is 18.6 Å². The first kappa shape index (κ1) is 11.7. The maximum absolute atomic E-state index is 11.9. The topological polar surface area (TPSA) is 42.0 Å². The Balaban J connectivity index is 1.80. The van der Waals surface area contributed by atoms with Gasteiger partial charge in [-0.1, -0.05) is 6.07 Å². The average Bonchev–Trinajstić information content (AvgIpc) is 2.31. The molecule has 2 heterocycles. The molecule has 0 aliphatic carbocycles. The van der Waals surface area contributed by atoms with Crippen LogP contribution in [0.5, 0.6) is 0 Å². The van der Waals surface area contributed by atoms with Gasteiger partial charge in [0.25, 0.3) is 0 Å². The number of pyridine rings is 1. The third-order valence-corrected chi connectivity index (χ3v) is 4.43. The second kappa shape index (κ2) is 6.11.